The second-order valence-corrected chi connectivity index (χ2v) is 6.01. The number of aryl methyl sites for hydroxylation is 1. The molecule has 1 amide bonds. The summed E-state index contributed by atoms with van der Waals surface area (Å²) in [6.07, 6.45) is 2.54. The summed E-state index contributed by atoms with van der Waals surface area (Å²) in [5, 5.41) is 5.50. The van der Waals surface area contributed by atoms with Crippen LogP contribution in [0.3, 0.4) is 0 Å². The fraction of sp³-hybridized carbons (Fsp3) is 0.412. The number of piperidine rings is 1. The van der Waals surface area contributed by atoms with Crippen LogP contribution >= 0.6 is 0 Å². The number of likely N-dealkylation sites (tertiary alicyclic amines) is 1. The van der Waals surface area contributed by atoms with Crippen LogP contribution in [0.2, 0.25) is 0 Å². The first-order valence-electron chi connectivity index (χ1n) is 8.07. The Balaban J connectivity index is 1.52. The van der Waals surface area contributed by atoms with E-state index in [2.05, 4.69) is 10.5 Å². The van der Waals surface area contributed by atoms with Gasteiger partial charge in [-0.25, -0.2) is 4.39 Å². The van der Waals surface area contributed by atoms with E-state index in [1.54, 1.807) is 6.07 Å². The van der Waals surface area contributed by atoms with Gasteiger partial charge in [-0.2, -0.15) is 5.16 Å². The number of aromatic nitrogens is 1. The molecule has 0 saturated carbocycles. The maximum atomic E-state index is 13.3. The largest absolute Gasteiger partial charge is 0.384 e. The second kappa shape index (κ2) is 7.33. The summed E-state index contributed by atoms with van der Waals surface area (Å²) in [5.74, 6) is 0.237. The monoisotopic (exact) mass is 333 g/mol. The highest BCUT2D eigenvalue weighted by Gasteiger charge is 2.23. The minimum Gasteiger partial charge on any atom is -0.384 e. The molecule has 1 fully saturated rings. The van der Waals surface area contributed by atoms with Crippen molar-refractivity contribution >= 4 is 11.6 Å². The van der Waals surface area contributed by atoms with Crippen molar-refractivity contribution in [1.29, 1.82) is 0 Å². The van der Waals surface area contributed by atoms with Gasteiger partial charge < -0.3 is 14.7 Å². The molecule has 6 nitrogen and oxygen atoms in total. The van der Waals surface area contributed by atoms with Gasteiger partial charge in [0.1, 0.15) is 11.6 Å². The molecule has 1 aliphatic rings. The zero-order valence-electron chi connectivity index (χ0n) is 13.3. The van der Waals surface area contributed by atoms with E-state index in [4.69, 9.17) is 4.52 Å². The fourth-order valence-corrected chi connectivity index (χ4v) is 2.97. The molecule has 2 heterocycles. The van der Waals surface area contributed by atoms with Crippen LogP contribution in [0, 0.1) is 5.82 Å². The lowest BCUT2D eigenvalue weighted by molar-refractivity contribution is -0.132. The number of amides is 1. The van der Waals surface area contributed by atoms with Crippen molar-refractivity contribution in [3.05, 3.63) is 52.3 Å². The van der Waals surface area contributed by atoms with Crippen LogP contribution in [0.25, 0.3) is 0 Å². The number of aromatic amines is 1. The van der Waals surface area contributed by atoms with Gasteiger partial charge in [0.25, 0.3) is 5.56 Å². The van der Waals surface area contributed by atoms with Crippen molar-refractivity contribution < 1.29 is 13.7 Å². The molecular formula is C17H20FN3O3. The number of benzene rings is 1. The lowest BCUT2D eigenvalue weighted by Gasteiger charge is -2.33. The van der Waals surface area contributed by atoms with Gasteiger partial charge in [-0.3, -0.25) is 9.59 Å². The Hall–Kier alpha value is -2.57. The smallest absolute Gasteiger partial charge is 0.280 e. The number of hydrogen-bond acceptors (Lipinski definition) is 4. The van der Waals surface area contributed by atoms with Crippen molar-refractivity contribution in [2.75, 3.05) is 18.4 Å². The molecule has 128 valence electrons. The van der Waals surface area contributed by atoms with Gasteiger partial charge in [-0.05, 0) is 31.0 Å². The average Bonchev–Trinajstić information content (AvgIpc) is 2.98. The second-order valence-electron chi connectivity index (χ2n) is 6.01. The van der Waals surface area contributed by atoms with Gasteiger partial charge in [0.15, 0.2) is 0 Å². The molecule has 0 bridgehead atoms. The summed E-state index contributed by atoms with van der Waals surface area (Å²) < 4.78 is 18.2. The van der Waals surface area contributed by atoms with Crippen molar-refractivity contribution in [1.82, 2.24) is 10.1 Å². The highest BCUT2D eigenvalue weighted by atomic mass is 19.1. The Labute approximate surface area is 138 Å². The van der Waals surface area contributed by atoms with E-state index in [9.17, 15) is 14.0 Å². The summed E-state index contributed by atoms with van der Waals surface area (Å²) in [5.41, 5.74) is 0.429. The number of H-pyrrole nitrogens is 1. The van der Waals surface area contributed by atoms with E-state index in [1.165, 1.54) is 18.2 Å². The van der Waals surface area contributed by atoms with Crippen LogP contribution in [0.15, 0.2) is 39.6 Å². The molecule has 24 heavy (non-hydrogen) atoms. The highest BCUT2D eigenvalue weighted by Crippen LogP contribution is 2.18. The maximum Gasteiger partial charge on any atom is 0.280 e. The van der Waals surface area contributed by atoms with E-state index < -0.39 is 0 Å². The molecule has 3 rings (SSSR count). The Morgan fingerprint density at radius 2 is 2.29 bits per heavy atom. The van der Waals surface area contributed by atoms with Crippen molar-refractivity contribution in [2.45, 2.75) is 31.7 Å². The number of carbonyl (C=O) groups is 1. The zero-order valence-corrected chi connectivity index (χ0v) is 13.3. The van der Waals surface area contributed by atoms with Crippen LogP contribution < -0.4 is 10.9 Å². The molecule has 1 aliphatic heterocycles. The van der Waals surface area contributed by atoms with Crippen LogP contribution in [0.1, 0.15) is 25.0 Å². The van der Waals surface area contributed by atoms with Gasteiger partial charge >= 0.3 is 0 Å². The fourth-order valence-electron chi connectivity index (χ4n) is 2.97. The molecule has 7 heteroatoms. The Morgan fingerprint density at radius 1 is 1.42 bits per heavy atom. The number of hydrogen-bond donors (Lipinski definition) is 2. The molecule has 1 atom stereocenters. The van der Waals surface area contributed by atoms with E-state index in [1.807, 2.05) is 11.0 Å². The summed E-state index contributed by atoms with van der Waals surface area (Å²) in [6.45, 7) is 1.31. The number of rotatable bonds is 5. The number of nitrogens with one attached hydrogen (secondary N) is 2. The Kier molecular flexibility index (Phi) is 4.98. The van der Waals surface area contributed by atoms with Crippen molar-refractivity contribution in [2.24, 2.45) is 0 Å². The predicted octanol–water partition coefficient (Wildman–Crippen LogP) is 2.14. The maximum absolute atomic E-state index is 13.3. The average molecular weight is 333 g/mol. The van der Waals surface area contributed by atoms with Gasteiger partial charge in [0.05, 0.1) is 0 Å². The number of halogens is 1. The SMILES string of the molecule is O=C(CCc1cc(=O)[nH]o1)N1CCCC(Nc2cccc(F)c2)C1. The van der Waals surface area contributed by atoms with Gasteiger partial charge in [-0.15, -0.1) is 0 Å². The normalized spacial score (nSPS) is 17.7. The quantitative estimate of drug-likeness (QED) is 0.879. The van der Waals surface area contributed by atoms with Gasteiger partial charge in [-0.1, -0.05) is 6.07 Å². The number of anilines is 1. The standard InChI is InChI=1S/C17H20FN3O3/c18-12-3-1-4-13(9-12)19-14-5-2-8-21(11-14)17(23)7-6-15-10-16(22)20-24-15/h1,3-4,9-10,14,19H,2,5-8,11H2,(H,20,22). The van der Waals surface area contributed by atoms with Crippen molar-refractivity contribution in [3.63, 3.8) is 0 Å². The summed E-state index contributed by atoms with van der Waals surface area (Å²) in [7, 11) is 0. The molecule has 2 aromatic rings. The Morgan fingerprint density at radius 3 is 3.04 bits per heavy atom. The lowest BCUT2D eigenvalue weighted by Crippen LogP contribution is -2.45. The van der Waals surface area contributed by atoms with Crippen molar-refractivity contribution in [3.8, 4) is 0 Å². The highest BCUT2D eigenvalue weighted by molar-refractivity contribution is 5.76. The van der Waals surface area contributed by atoms with Crippen LogP contribution in [0.5, 0.6) is 0 Å². The van der Waals surface area contributed by atoms with Crippen LogP contribution in [-0.4, -0.2) is 35.1 Å². The molecule has 1 saturated heterocycles. The number of carbonyl (C=O) groups excluding carboxylic acids is 1. The summed E-state index contributed by atoms with van der Waals surface area (Å²) >= 11 is 0. The van der Waals surface area contributed by atoms with Gasteiger partial charge in [0.2, 0.25) is 5.91 Å². The minimum absolute atomic E-state index is 0.0320. The first-order valence-corrected chi connectivity index (χ1v) is 8.07. The third kappa shape index (κ3) is 4.24. The van der Waals surface area contributed by atoms with E-state index >= 15 is 0 Å². The van der Waals surface area contributed by atoms with Crippen LogP contribution in [-0.2, 0) is 11.2 Å². The number of nitrogens with zero attached hydrogens (tertiary/aromatic N) is 1. The molecular weight excluding hydrogens is 313 g/mol. The van der Waals surface area contributed by atoms with Gasteiger partial charge in [0, 0.05) is 43.7 Å². The first kappa shape index (κ1) is 16.3. The lowest BCUT2D eigenvalue weighted by atomic mass is 10.0. The zero-order chi connectivity index (χ0) is 16.9. The molecule has 2 N–H and O–H groups in total. The molecule has 0 spiro atoms. The molecule has 0 radical (unpaired) electrons. The summed E-state index contributed by atoms with van der Waals surface area (Å²) in [6, 6.07) is 7.80. The summed E-state index contributed by atoms with van der Waals surface area (Å²) in [4.78, 5) is 25.1. The van der Waals surface area contributed by atoms with E-state index in [0.717, 1.165) is 25.1 Å². The first-order chi connectivity index (χ1) is 11.6. The van der Waals surface area contributed by atoms with E-state index in [0.29, 0.717) is 25.1 Å². The minimum atomic E-state index is -0.297. The molecule has 1 aromatic carbocycles. The van der Waals surface area contributed by atoms with E-state index in [-0.39, 0.29) is 23.3 Å². The topological polar surface area (TPSA) is 78.3 Å². The Bertz CT molecular complexity index is 755. The predicted molar refractivity (Wildman–Crippen MR) is 87.3 cm³/mol. The third-order valence-corrected chi connectivity index (χ3v) is 4.13. The molecule has 1 unspecified atom stereocenters. The molecule has 1 aromatic heterocycles. The van der Waals surface area contributed by atoms with Crippen LogP contribution in [0.4, 0.5) is 10.1 Å². The molecule has 0 aliphatic carbocycles. The third-order valence-electron chi connectivity index (χ3n) is 4.13.